The van der Waals surface area contributed by atoms with Crippen LogP contribution in [0.1, 0.15) is 57.1 Å². The van der Waals surface area contributed by atoms with Gasteiger partial charge in [0.2, 0.25) is 11.9 Å². The molecular weight excluding hydrogens is 440 g/mol. The molecule has 1 saturated carbocycles. The molecule has 0 bridgehead atoms. The lowest BCUT2D eigenvalue weighted by molar-refractivity contribution is -0.131. The van der Waals surface area contributed by atoms with E-state index in [1.165, 1.54) is 6.42 Å². The van der Waals surface area contributed by atoms with Crippen LogP contribution >= 0.6 is 0 Å². The van der Waals surface area contributed by atoms with Gasteiger partial charge in [-0.2, -0.15) is 4.98 Å². The quantitative estimate of drug-likeness (QED) is 0.590. The van der Waals surface area contributed by atoms with E-state index in [4.69, 9.17) is 4.98 Å². The summed E-state index contributed by atoms with van der Waals surface area (Å²) in [6, 6.07) is 10.1. The van der Waals surface area contributed by atoms with Gasteiger partial charge in [0, 0.05) is 67.7 Å². The van der Waals surface area contributed by atoms with Gasteiger partial charge in [0.05, 0.1) is 0 Å². The first-order chi connectivity index (χ1) is 17.0. The number of piperazine rings is 1. The van der Waals surface area contributed by atoms with Gasteiger partial charge in [-0.15, -0.1) is 0 Å². The van der Waals surface area contributed by atoms with Gasteiger partial charge >= 0.3 is 0 Å². The highest BCUT2D eigenvalue weighted by molar-refractivity contribution is 5.79. The molecule has 2 aromatic heterocycles. The van der Waals surface area contributed by atoms with Crippen molar-refractivity contribution in [1.29, 1.82) is 0 Å². The molecule has 184 valence electrons. The summed E-state index contributed by atoms with van der Waals surface area (Å²) in [5.41, 5.74) is 3.69. The Bertz CT molecular complexity index is 1260. The van der Waals surface area contributed by atoms with E-state index in [0.29, 0.717) is 12.4 Å². The van der Waals surface area contributed by atoms with Gasteiger partial charge in [-0.1, -0.05) is 26.2 Å². The average Bonchev–Trinajstić information content (AvgIpc) is 2.89. The third kappa shape index (κ3) is 4.88. The molecular formula is C27H34N6O2. The predicted molar refractivity (Wildman–Crippen MR) is 139 cm³/mol. The highest BCUT2D eigenvalue weighted by Gasteiger charge is 2.21. The Labute approximate surface area is 206 Å². The Morgan fingerprint density at radius 3 is 2.46 bits per heavy atom. The van der Waals surface area contributed by atoms with Crippen LogP contribution in [0.3, 0.4) is 0 Å². The van der Waals surface area contributed by atoms with Gasteiger partial charge in [-0.05, 0) is 49.6 Å². The fraction of sp³-hybridized carbons (Fsp3) is 0.481. The number of benzene rings is 1. The van der Waals surface area contributed by atoms with Crippen LogP contribution in [0.15, 0.2) is 41.3 Å². The molecule has 1 aromatic carbocycles. The number of fused-ring (bicyclic) bond motifs is 1. The molecule has 8 heteroatoms. The number of carbonyl (C=O) groups excluding carboxylic acids is 1. The lowest BCUT2D eigenvalue weighted by Gasteiger charge is -2.36. The van der Waals surface area contributed by atoms with Crippen molar-refractivity contribution >= 4 is 34.3 Å². The second-order valence-electron chi connectivity index (χ2n) is 9.65. The van der Waals surface area contributed by atoms with Crippen LogP contribution in [-0.4, -0.2) is 51.5 Å². The van der Waals surface area contributed by atoms with E-state index >= 15 is 0 Å². The summed E-state index contributed by atoms with van der Waals surface area (Å²) in [6.45, 7) is 7.06. The SMILES string of the molecule is CCC(=O)N1CCN(c2ccc(Nc3ncc4c(C)cc(=O)n(C5CCCCC5)c4n3)cc2)CC1. The molecule has 35 heavy (non-hydrogen) atoms. The predicted octanol–water partition coefficient (Wildman–Crippen LogP) is 4.41. The van der Waals surface area contributed by atoms with Crippen LogP contribution in [0.25, 0.3) is 11.0 Å². The van der Waals surface area contributed by atoms with Gasteiger partial charge < -0.3 is 15.1 Å². The van der Waals surface area contributed by atoms with Gasteiger partial charge in [0.25, 0.3) is 5.56 Å². The molecule has 1 aliphatic carbocycles. The number of hydrogen-bond donors (Lipinski definition) is 1. The number of hydrogen-bond acceptors (Lipinski definition) is 6. The first kappa shape index (κ1) is 23.3. The first-order valence-electron chi connectivity index (χ1n) is 12.8. The number of nitrogens with zero attached hydrogens (tertiary/aromatic N) is 5. The first-order valence-corrected chi connectivity index (χ1v) is 12.8. The third-order valence-corrected chi connectivity index (χ3v) is 7.36. The van der Waals surface area contributed by atoms with Crippen molar-refractivity contribution in [2.24, 2.45) is 0 Å². The van der Waals surface area contributed by atoms with Crippen molar-refractivity contribution in [3.05, 3.63) is 52.4 Å². The zero-order valence-corrected chi connectivity index (χ0v) is 20.7. The van der Waals surface area contributed by atoms with Crippen molar-refractivity contribution in [3.8, 4) is 0 Å². The molecule has 3 heterocycles. The van der Waals surface area contributed by atoms with Gasteiger partial charge in [-0.25, -0.2) is 4.98 Å². The van der Waals surface area contributed by atoms with Crippen molar-refractivity contribution in [2.75, 3.05) is 36.4 Å². The van der Waals surface area contributed by atoms with E-state index in [9.17, 15) is 9.59 Å². The molecule has 5 rings (SSSR count). The summed E-state index contributed by atoms with van der Waals surface area (Å²) in [6.07, 6.45) is 7.97. The number of pyridine rings is 1. The van der Waals surface area contributed by atoms with E-state index in [1.54, 1.807) is 6.07 Å². The summed E-state index contributed by atoms with van der Waals surface area (Å²) in [7, 11) is 0. The third-order valence-electron chi connectivity index (χ3n) is 7.36. The number of carbonyl (C=O) groups is 1. The van der Waals surface area contributed by atoms with E-state index in [1.807, 2.05) is 41.6 Å². The second-order valence-corrected chi connectivity index (χ2v) is 9.65. The minimum atomic E-state index is 0.0247. The molecule has 3 aromatic rings. The summed E-state index contributed by atoms with van der Waals surface area (Å²) in [4.78, 5) is 38.5. The van der Waals surface area contributed by atoms with Crippen molar-refractivity contribution in [3.63, 3.8) is 0 Å². The molecule has 1 amide bonds. The molecule has 0 unspecified atom stereocenters. The molecule has 2 fully saturated rings. The van der Waals surface area contributed by atoms with Crippen LogP contribution in [0.2, 0.25) is 0 Å². The number of rotatable bonds is 5. The van der Waals surface area contributed by atoms with Crippen LogP contribution < -0.4 is 15.8 Å². The molecule has 1 saturated heterocycles. The maximum atomic E-state index is 12.9. The maximum Gasteiger partial charge on any atom is 0.252 e. The van der Waals surface area contributed by atoms with E-state index < -0.39 is 0 Å². The number of aromatic nitrogens is 3. The largest absolute Gasteiger partial charge is 0.368 e. The van der Waals surface area contributed by atoms with E-state index in [2.05, 4.69) is 27.3 Å². The lowest BCUT2D eigenvalue weighted by atomic mass is 9.95. The Morgan fingerprint density at radius 1 is 1.06 bits per heavy atom. The summed E-state index contributed by atoms with van der Waals surface area (Å²) in [5, 5.41) is 4.24. The standard InChI is InChI=1S/C27H34N6O2/c1-3-24(34)32-15-13-31(14-16-32)21-11-9-20(10-12-21)29-27-28-18-23-19(2)17-25(35)33(26(23)30-27)22-7-5-4-6-8-22/h9-12,17-18,22H,3-8,13-16H2,1-2H3,(H,28,29,30). The Morgan fingerprint density at radius 2 is 1.77 bits per heavy atom. The molecule has 1 N–H and O–H groups in total. The number of anilines is 3. The van der Waals surface area contributed by atoms with Gasteiger partial charge in [-0.3, -0.25) is 14.2 Å². The minimum absolute atomic E-state index is 0.0247. The number of aryl methyl sites for hydroxylation is 1. The van der Waals surface area contributed by atoms with E-state index in [0.717, 1.165) is 79.8 Å². The lowest BCUT2D eigenvalue weighted by Crippen LogP contribution is -2.48. The number of nitrogens with one attached hydrogen (secondary N) is 1. The minimum Gasteiger partial charge on any atom is -0.368 e. The molecule has 1 aliphatic heterocycles. The maximum absolute atomic E-state index is 12.9. The van der Waals surface area contributed by atoms with Crippen molar-refractivity contribution in [1.82, 2.24) is 19.4 Å². The number of amides is 1. The monoisotopic (exact) mass is 474 g/mol. The van der Waals surface area contributed by atoms with Crippen LogP contribution in [0.4, 0.5) is 17.3 Å². The molecule has 0 spiro atoms. The Hall–Kier alpha value is -3.42. The highest BCUT2D eigenvalue weighted by Crippen LogP contribution is 2.30. The topological polar surface area (TPSA) is 83.4 Å². The normalized spacial score (nSPS) is 17.1. The molecule has 8 nitrogen and oxygen atoms in total. The smallest absolute Gasteiger partial charge is 0.252 e. The van der Waals surface area contributed by atoms with E-state index in [-0.39, 0.29) is 17.5 Å². The average molecular weight is 475 g/mol. The van der Waals surface area contributed by atoms with Gasteiger partial charge in [0.1, 0.15) is 5.65 Å². The highest BCUT2D eigenvalue weighted by atomic mass is 16.2. The second kappa shape index (κ2) is 10.1. The molecule has 0 atom stereocenters. The zero-order valence-electron chi connectivity index (χ0n) is 20.7. The van der Waals surface area contributed by atoms with Crippen LogP contribution in [-0.2, 0) is 4.79 Å². The summed E-state index contributed by atoms with van der Waals surface area (Å²) in [5.74, 6) is 0.718. The summed E-state index contributed by atoms with van der Waals surface area (Å²) < 4.78 is 1.89. The molecule has 2 aliphatic rings. The van der Waals surface area contributed by atoms with Crippen LogP contribution in [0, 0.1) is 6.92 Å². The fourth-order valence-corrected chi connectivity index (χ4v) is 5.35. The Kier molecular flexibility index (Phi) is 6.70. The fourth-order valence-electron chi connectivity index (χ4n) is 5.35. The van der Waals surface area contributed by atoms with Crippen molar-refractivity contribution < 1.29 is 4.79 Å². The Balaban J connectivity index is 1.34. The summed E-state index contributed by atoms with van der Waals surface area (Å²) >= 11 is 0. The zero-order chi connectivity index (χ0) is 24.4. The van der Waals surface area contributed by atoms with Crippen molar-refractivity contribution in [2.45, 2.75) is 58.4 Å². The van der Waals surface area contributed by atoms with Gasteiger partial charge in [0.15, 0.2) is 0 Å². The van der Waals surface area contributed by atoms with Crippen LogP contribution in [0.5, 0.6) is 0 Å². The molecule has 0 radical (unpaired) electrons.